The van der Waals surface area contributed by atoms with Crippen LogP contribution in [0.15, 0.2) is 59.1 Å². The molecule has 0 fully saturated rings. The van der Waals surface area contributed by atoms with Crippen LogP contribution in [0.2, 0.25) is 0 Å². The standard InChI is InChI=1S/C19H16N2O5/c1-24-19(23)14-7-9-15(10-8-14)25-17(22)12-11-16-20-18(21-26-16)13-5-3-2-4-6-13/h2-10H,11-12H2,1H3. The van der Waals surface area contributed by atoms with E-state index in [1.165, 1.54) is 31.4 Å². The number of carbonyl (C=O) groups is 2. The van der Waals surface area contributed by atoms with Gasteiger partial charge in [0.2, 0.25) is 11.7 Å². The molecule has 1 aromatic heterocycles. The number of rotatable bonds is 6. The van der Waals surface area contributed by atoms with Crippen LogP contribution >= 0.6 is 0 Å². The first kappa shape index (κ1) is 17.3. The minimum atomic E-state index is -0.450. The Morgan fingerprint density at radius 2 is 1.77 bits per heavy atom. The van der Waals surface area contributed by atoms with Crippen molar-refractivity contribution < 1.29 is 23.6 Å². The number of hydrogen-bond acceptors (Lipinski definition) is 7. The molecule has 7 heteroatoms. The van der Waals surface area contributed by atoms with E-state index in [9.17, 15) is 9.59 Å². The third-order valence-electron chi connectivity index (χ3n) is 3.55. The van der Waals surface area contributed by atoms with Crippen molar-refractivity contribution >= 4 is 11.9 Å². The van der Waals surface area contributed by atoms with Crippen LogP contribution < -0.4 is 4.74 Å². The highest BCUT2D eigenvalue weighted by Crippen LogP contribution is 2.16. The van der Waals surface area contributed by atoms with Gasteiger partial charge < -0.3 is 14.0 Å². The van der Waals surface area contributed by atoms with Crippen LogP contribution in [0.25, 0.3) is 11.4 Å². The average molecular weight is 352 g/mol. The Bertz CT molecular complexity index is 888. The minimum Gasteiger partial charge on any atom is -0.465 e. The van der Waals surface area contributed by atoms with E-state index in [1.54, 1.807) is 0 Å². The highest BCUT2D eigenvalue weighted by molar-refractivity contribution is 5.89. The summed E-state index contributed by atoms with van der Waals surface area (Å²) in [5.41, 5.74) is 1.22. The van der Waals surface area contributed by atoms with Crippen LogP contribution in [-0.2, 0) is 16.0 Å². The third kappa shape index (κ3) is 4.32. The number of hydrogen-bond donors (Lipinski definition) is 0. The highest BCUT2D eigenvalue weighted by atomic mass is 16.5. The summed E-state index contributed by atoms with van der Waals surface area (Å²) in [5.74, 6) is 0.302. The molecule has 132 valence electrons. The molecule has 0 bridgehead atoms. The molecule has 0 amide bonds. The van der Waals surface area contributed by atoms with Crippen LogP contribution in [0.1, 0.15) is 22.7 Å². The fourth-order valence-electron chi connectivity index (χ4n) is 2.23. The molecule has 7 nitrogen and oxygen atoms in total. The summed E-state index contributed by atoms with van der Waals surface area (Å²) in [7, 11) is 1.30. The Labute approximate surface area is 149 Å². The van der Waals surface area contributed by atoms with Gasteiger partial charge in [0.1, 0.15) is 5.75 Å². The van der Waals surface area contributed by atoms with Crippen molar-refractivity contribution in [1.82, 2.24) is 10.1 Å². The summed E-state index contributed by atoms with van der Waals surface area (Å²) in [5, 5.41) is 3.90. The van der Waals surface area contributed by atoms with Crippen LogP contribution in [0, 0.1) is 0 Å². The Balaban J connectivity index is 1.53. The van der Waals surface area contributed by atoms with Gasteiger partial charge in [-0.1, -0.05) is 35.5 Å². The van der Waals surface area contributed by atoms with Crippen LogP contribution in [0.5, 0.6) is 5.75 Å². The van der Waals surface area contributed by atoms with Gasteiger partial charge in [-0.3, -0.25) is 4.79 Å². The molecule has 0 spiro atoms. The maximum absolute atomic E-state index is 11.9. The first-order valence-electron chi connectivity index (χ1n) is 7.93. The van der Waals surface area contributed by atoms with Crippen molar-refractivity contribution in [3.8, 4) is 17.1 Å². The first-order valence-corrected chi connectivity index (χ1v) is 7.93. The lowest BCUT2D eigenvalue weighted by Gasteiger charge is -2.04. The number of carbonyl (C=O) groups excluding carboxylic acids is 2. The van der Waals surface area contributed by atoms with Crippen LogP contribution in [0.3, 0.4) is 0 Å². The lowest BCUT2D eigenvalue weighted by molar-refractivity contribution is -0.134. The number of methoxy groups -OCH3 is 1. The highest BCUT2D eigenvalue weighted by Gasteiger charge is 2.12. The molecule has 3 rings (SSSR count). The molecular weight excluding hydrogens is 336 g/mol. The molecule has 0 aliphatic heterocycles. The van der Waals surface area contributed by atoms with Crippen molar-refractivity contribution in [1.29, 1.82) is 0 Å². The zero-order valence-corrected chi connectivity index (χ0v) is 14.0. The van der Waals surface area contributed by atoms with Gasteiger partial charge in [-0.25, -0.2) is 4.79 Å². The van der Waals surface area contributed by atoms with Crippen molar-refractivity contribution in [2.45, 2.75) is 12.8 Å². The zero-order chi connectivity index (χ0) is 18.4. The second kappa shape index (κ2) is 8.06. The van der Waals surface area contributed by atoms with E-state index >= 15 is 0 Å². The maximum Gasteiger partial charge on any atom is 0.337 e. The van der Waals surface area contributed by atoms with E-state index in [2.05, 4.69) is 14.9 Å². The molecule has 0 aliphatic carbocycles. The largest absolute Gasteiger partial charge is 0.465 e. The summed E-state index contributed by atoms with van der Waals surface area (Å²) < 4.78 is 15.0. The monoisotopic (exact) mass is 352 g/mol. The van der Waals surface area contributed by atoms with Crippen LogP contribution in [-0.4, -0.2) is 29.2 Å². The quantitative estimate of drug-likeness (QED) is 0.497. The normalized spacial score (nSPS) is 10.3. The second-order valence-corrected chi connectivity index (χ2v) is 5.37. The van der Waals surface area contributed by atoms with E-state index in [1.807, 2.05) is 30.3 Å². The smallest absolute Gasteiger partial charge is 0.337 e. The fraction of sp³-hybridized carbons (Fsp3) is 0.158. The van der Waals surface area contributed by atoms with E-state index < -0.39 is 11.9 Å². The Morgan fingerprint density at radius 1 is 1.04 bits per heavy atom. The van der Waals surface area contributed by atoms with Crippen molar-refractivity contribution in [2.24, 2.45) is 0 Å². The van der Waals surface area contributed by atoms with Gasteiger partial charge in [-0.15, -0.1) is 0 Å². The fourth-order valence-corrected chi connectivity index (χ4v) is 2.23. The molecule has 0 atom stereocenters. The number of ether oxygens (including phenoxy) is 2. The predicted molar refractivity (Wildman–Crippen MR) is 91.5 cm³/mol. The van der Waals surface area contributed by atoms with Gasteiger partial charge >= 0.3 is 11.9 Å². The van der Waals surface area contributed by atoms with Gasteiger partial charge in [0.05, 0.1) is 19.1 Å². The SMILES string of the molecule is COC(=O)c1ccc(OC(=O)CCc2nc(-c3ccccc3)no2)cc1. The predicted octanol–water partition coefficient (Wildman–Crippen LogP) is 3.06. The molecule has 0 aliphatic rings. The molecule has 0 radical (unpaired) electrons. The number of nitrogens with zero attached hydrogens (tertiary/aromatic N) is 2. The Kier molecular flexibility index (Phi) is 5.38. The summed E-state index contributed by atoms with van der Waals surface area (Å²) in [6.07, 6.45) is 0.369. The lowest BCUT2D eigenvalue weighted by Crippen LogP contribution is -2.09. The van der Waals surface area contributed by atoms with Gasteiger partial charge in [0.15, 0.2) is 0 Å². The topological polar surface area (TPSA) is 91.5 Å². The number of esters is 2. The zero-order valence-electron chi connectivity index (χ0n) is 14.0. The molecule has 3 aromatic rings. The van der Waals surface area contributed by atoms with Gasteiger partial charge in [0.25, 0.3) is 0 Å². The summed E-state index contributed by atoms with van der Waals surface area (Å²) in [6.45, 7) is 0. The number of aryl methyl sites for hydroxylation is 1. The summed E-state index contributed by atoms with van der Waals surface area (Å²) in [4.78, 5) is 27.6. The van der Waals surface area contributed by atoms with E-state index in [-0.39, 0.29) is 12.8 Å². The first-order chi connectivity index (χ1) is 12.7. The summed E-state index contributed by atoms with van der Waals surface area (Å²) >= 11 is 0. The minimum absolute atomic E-state index is 0.0924. The van der Waals surface area contributed by atoms with E-state index in [0.717, 1.165) is 5.56 Å². The molecular formula is C19H16N2O5. The molecule has 0 unspecified atom stereocenters. The van der Waals surface area contributed by atoms with E-state index in [0.29, 0.717) is 23.0 Å². The van der Waals surface area contributed by atoms with Gasteiger partial charge in [-0.05, 0) is 24.3 Å². The third-order valence-corrected chi connectivity index (χ3v) is 3.55. The molecule has 2 aromatic carbocycles. The number of aromatic nitrogens is 2. The van der Waals surface area contributed by atoms with Crippen molar-refractivity contribution in [3.05, 3.63) is 66.1 Å². The van der Waals surface area contributed by atoms with Crippen molar-refractivity contribution in [3.63, 3.8) is 0 Å². The lowest BCUT2D eigenvalue weighted by atomic mass is 10.2. The van der Waals surface area contributed by atoms with E-state index in [4.69, 9.17) is 9.26 Å². The van der Waals surface area contributed by atoms with Crippen molar-refractivity contribution in [2.75, 3.05) is 7.11 Å². The molecule has 1 heterocycles. The van der Waals surface area contributed by atoms with Gasteiger partial charge in [0, 0.05) is 12.0 Å². The molecule has 0 saturated carbocycles. The average Bonchev–Trinajstić information content (AvgIpc) is 3.16. The number of benzene rings is 2. The van der Waals surface area contributed by atoms with Crippen LogP contribution in [0.4, 0.5) is 0 Å². The second-order valence-electron chi connectivity index (χ2n) is 5.37. The van der Waals surface area contributed by atoms with Gasteiger partial charge in [-0.2, -0.15) is 4.98 Å². The Hall–Kier alpha value is -3.48. The summed E-state index contributed by atoms with van der Waals surface area (Å²) in [6, 6.07) is 15.5. The molecule has 26 heavy (non-hydrogen) atoms. The Morgan fingerprint density at radius 3 is 2.46 bits per heavy atom. The molecule has 0 N–H and O–H groups in total. The molecule has 0 saturated heterocycles. The maximum atomic E-state index is 11.9.